The van der Waals surface area contributed by atoms with Gasteiger partial charge in [0, 0.05) is 5.39 Å². The van der Waals surface area contributed by atoms with Gasteiger partial charge in [0.05, 0.1) is 6.26 Å². The van der Waals surface area contributed by atoms with Crippen LogP contribution >= 0.6 is 9.39 Å². The highest BCUT2D eigenvalue weighted by Crippen LogP contribution is 2.31. The third-order valence-corrected chi connectivity index (χ3v) is 3.06. The molecule has 0 amide bonds. The molecule has 2 unspecified atom stereocenters. The van der Waals surface area contributed by atoms with Crippen LogP contribution < -0.4 is 10.9 Å². The zero-order valence-electron chi connectivity index (χ0n) is 10.4. The van der Waals surface area contributed by atoms with Crippen molar-refractivity contribution in [2.45, 2.75) is 19.4 Å². The van der Waals surface area contributed by atoms with Crippen LogP contribution in [0.2, 0.25) is 0 Å². The standard InChI is InChI=1S/C12H15FN3O2P/c1-2-6-5-18-11-8(13)4-3-7(9(6)11)10(17)12(14)15-16-19/h3-5,10,16-17H,2,19H2,1H3,(H2,14,15). The number of nitrogens with one attached hydrogen (secondary N) is 1. The first-order valence-corrected chi connectivity index (χ1v) is 6.33. The minimum atomic E-state index is -1.13. The first kappa shape index (κ1) is 13.8. The van der Waals surface area contributed by atoms with Crippen LogP contribution in [0.15, 0.2) is 27.9 Å². The van der Waals surface area contributed by atoms with E-state index in [0.717, 1.165) is 5.56 Å². The number of aliphatic hydroxyl groups excluding tert-OH is 1. The van der Waals surface area contributed by atoms with E-state index in [1.54, 1.807) is 0 Å². The van der Waals surface area contributed by atoms with Crippen LogP contribution in [-0.4, -0.2) is 10.9 Å². The van der Waals surface area contributed by atoms with Crippen LogP contribution in [0.5, 0.6) is 0 Å². The number of rotatable bonds is 4. The summed E-state index contributed by atoms with van der Waals surface area (Å²) in [5, 5.41) is 16.9. The van der Waals surface area contributed by atoms with E-state index in [0.29, 0.717) is 17.4 Å². The molecule has 1 aromatic heterocycles. The highest BCUT2D eigenvalue weighted by Gasteiger charge is 2.21. The van der Waals surface area contributed by atoms with Crippen molar-refractivity contribution in [3.63, 3.8) is 0 Å². The van der Waals surface area contributed by atoms with E-state index in [9.17, 15) is 9.50 Å². The van der Waals surface area contributed by atoms with Crippen molar-refractivity contribution < 1.29 is 13.9 Å². The van der Waals surface area contributed by atoms with Gasteiger partial charge in [-0.15, -0.1) is 0 Å². The predicted octanol–water partition coefficient (Wildman–Crippen LogP) is 1.82. The molecule has 4 N–H and O–H groups in total. The largest absolute Gasteiger partial charge is 0.461 e. The van der Waals surface area contributed by atoms with Crippen LogP contribution in [-0.2, 0) is 6.42 Å². The van der Waals surface area contributed by atoms with Gasteiger partial charge in [-0.25, -0.2) is 4.39 Å². The maximum Gasteiger partial charge on any atom is 0.170 e. The number of nitrogens with zero attached hydrogens (tertiary/aromatic N) is 1. The average molecular weight is 283 g/mol. The van der Waals surface area contributed by atoms with Crippen molar-refractivity contribution >= 4 is 26.2 Å². The number of hydrogen-bond donors (Lipinski definition) is 3. The molecule has 1 heterocycles. The molecule has 102 valence electrons. The molecule has 0 bridgehead atoms. The molecule has 0 fully saturated rings. The number of halogens is 1. The fraction of sp³-hybridized carbons (Fsp3) is 0.250. The summed E-state index contributed by atoms with van der Waals surface area (Å²) in [6.45, 7) is 1.92. The molecule has 0 saturated carbocycles. The molecule has 0 aliphatic rings. The van der Waals surface area contributed by atoms with Gasteiger partial charge in [-0.1, -0.05) is 13.0 Å². The lowest BCUT2D eigenvalue weighted by molar-refractivity contribution is 0.247. The molecule has 0 aliphatic carbocycles. The monoisotopic (exact) mass is 283 g/mol. The molecule has 2 rings (SSSR count). The topological polar surface area (TPSA) is 83.8 Å². The predicted molar refractivity (Wildman–Crippen MR) is 75.0 cm³/mol. The molecular weight excluding hydrogens is 268 g/mol. The normalized spacial score (nSPS) is 13.8. The van der Waals surface area contributed by atoms with Gasteiger partial charge in [-0.05, 0) is 33.0 Å². The second-order valence-electron chi connectivity index (χ2n) is 4.02. The molecule has 7 heteroatoms. The molecule has 0 radical (unpaired) electrons. The van der Waals surface area contributed by atoms with Gasteiger partial charge in [-0.3, -0.25) is 5.20 Å². The van der Waals surface area contributed by atoms with Crippen molar-refractivity contribution in [3.8, 4) is 0 Å². The molecule has 0 aliphatic heterocycles. The number of benzene rings is 1. The molecule has 1 aromatic carbocycles. The van der Waals surface area contributed by atoms with E-state index in [1.807, 2.05) is 6.92 Å². The first-order chi connectivity index (χ1) is 9.10. The Morgan fingerprint density at radius 3 is 3.00 bits per heavy atom. The number of fused-ring (bicyclic) bond motifs is 1. The zero-order valence-corrected chi connectivity index (χ0v) is 11.5. The minimum absolute atomic E-state index is 0.00818. The SMILES string of the molecule is CCc1coc2c(F)ccc(C(O)/C(N)=N/NP)c12. The van der Waals surface area contributed by atoms with Crippen LogP contribution in [0, 0.1) is 5.82 Å². The molecule has 0 saturated heterocycles. The summed E-state index contributed by atoms with van der Waals surface area (Å²) in [4.78, 5) is 0. The highest BCUT2D eigenvalue weighted by molar-refractivity contribution is 7.13. The number of aryl methyl sites for hydroxylation is 1. The van der Waals surface area contributed by atoms with Gasteiger partial charge in [0.25, 0.3) is 0 Å². The van der Waals surface area contributed by atoms with Gasteiger partial charge in [0.2, 0.25) is 0 Å². The van der Waals surface area contributed by atoms with Gasteiger partial charge >= 0.3 is 0 Å². The van der Waals surface area contributed by atoms with Gasteiger partial charge < -0.3 is 15.3 Å². The van der Waals surface area contributed by atoms with E-state index in [4.69, 9.17) is 10.2 Å². The van der Waals surface area contributed by atoms with Crippen LogP contribution in [0.25, 0.3) is 11.0 Å². The van der Waals surface area contributed by atoms with Crippen LogP contribution in [0.3, 0.4) is 0 Å². The lowest BCUT2D eigenvalue weighted by Gasteiger charge is -2.12. The van der Waals surface area contributed by atoms with Crippen LogP contribution in [0.1, 0.15) is 24.2 Å². The van der Waals surface area contributed by atoms with E-state index < -0.39 is 11.9 Å². The lowest BCUT2D eigenvalue weighted by Crippen LogP contribution is -2.23. The Labute approximate surface area is 111 Å². The van der Waals surface area contributed by atoms with Crippen molar-refractivity contribution in [1.82, 2.24) is 5.20 Å². The Balaban J connectivity index is 2.63. The van der Waals surface area contributed by atoms with Crippen molar-refractivity contribution in [3.05, 3.63) is 35.3 Å². The summed E-state index contributed by atoms with van der Waals surface area (Å²) in [5.41, 5.74) is 7.06. The fourth-order valence-corrected chi connectivity index (χ4v) is 2.14. The molecule has 0 spiro atoms. The molecule has 19 heavy (non-hydrogen) atoms. The van der Waals surface area contributed by atoms with Gasteiger partial charge in [-0.2, -0.15) is 5.10 Å². The third-order valence-electron chi connectivity index (χ3n) is 2.93. The maximum absolute atomic E-state index is 13.7. The minimum Gasteiger partial charge on any atom is -0.461 e. The van der Waals surface area contributed by atoms with Crippen LogP contribution in [0.4, 0.5) is 4.39 Å². The van der Waals surface area contributed by atoms with Crippen molar-refractivity contribution in [2.24, 2.45) is 10.8 Å². The van der Waals surface area contributed by atoms with Gasteiger partial charge in [0.1, 0.15) is 6.10 Å². The van der Waals surface area contributed by atoms with E-state index in [1.165, 1.54) is 18.4 Å². The summed E-state index contributed by atoms with van der Waals surface area (Å²) in [5.74, 6) is -0.475. The Bertz CT molecular complexity index is 627. The summed E-state index contributed by atoms with van der Waals surface area (Å²) >= 11 is 0. The Morgan fingerprint density at radius 2 is 2.37 bits per heavy atom. The first-order valence-electron chi connectivity index (χ1n) is 5.75. The lowest BCUT2D eigenvalue weighted by atomic mass is 10.00. The van der Waals surface area contributed by atoms with E-state index >= 15 is 0 Å². The maximum atomic E-state index is 13.7. The quantitative estimate of drug-likeness (QED) is 0.346. The van der Waals surface area contributed by atoms with E-state index in [2.05, 4.69) is 19.7 Å². The Kier molecular flexibility index (Phi) is 4.02. The summed E-state index contributed by atoms with van der Waals surface area (Å²) in [6, 6.07) is 2.73. The van der Waals surface area contributed by atoms with Crippen molar-refractivity contribution in [1.29, 1.82) is 0 Å². The third kappa shape index (κ3) is 2.41. The van der Waals surface area contributed by atoms with Crippen molar-refractivity contribution in [2.75, 3.05) is 0 Å². The number of hydrogen-bond acceptors (Lipinski definition) is 4. The van der Waals surface area contributed by atoms with Gasteiger partial charge in [0.15, 0.2) is 17.2 Å². The summed E-state index contributed by atoms with van der Waals surface area (Å²) < 4.78 is 18.9. The number of amidine groups is 1. The number of aliphatic hydroxyl groups is 1. The molecule has 5 nitrogen and oxygen atoms in total. The number of hydrazone groups is 1. The second-order valence-corrected chi connectivity index (χ2v) is 4.28. The Morgan fingerprint density at radius 1 is 1.63 bits per heavy atom. The fourth-order valence-electron chi connectivity index (χ4n) is 1.99. The summed E-state index contributed by atoms with van der Waals surface area (Å²) in [7, 11) is 2.15. The average Bonchev–Trinajstić information content (AvgIpc) is 2.83. The Hall–Kier alpha value is -1.65. The zero-order chi connectivity index (χ0) is 14.0. The molecule has 2 aromatic rings. The highest BCUT2D eigenvalue weighted by atomic mass is 31.0. The number of nitrogens with two attached hydrogens (primary N) is 1. The second kappa shape index (κ2) is 5.55. The molecule has 2 atom stereocenters. The smallest absolute Gasteiger partial charge is 0.170 e. The van der Waals surface area contributed by atoms with E-state index in [-0.39, 0.29) is 11.4 Å². The molecular formula is C12H15FN3O2P. The summed E-state index contributed by atoms with van der Waals surface area (Å²) in [6.07, 6.45) is 1.03. The number of furan rings is 1.